The lowest BCUT2D eigenvalue weighted by atomic mass is 9.96. The number of nitrogens with one attached hydrogen (secondary N) is 1. The minimum absolute atomic E-state index is 0.0392. The third kappa shape index (κ3) is 24.9. The molecule has 0 aromatic rings. The molecule has 1 saturated heterocycles. The highest BCUT2D eigenvalue weighted by molar-refractivity contribution is 5.72. The first-order chi connectivity index (χ1) is 24.5. The zero-order valence-corrected chi connectivity index (χ0v) is 33.7. The van der Waals surface area contributed by atoms with Crippen LogP contribution in [0.3, 0.4) is 0 Å². The van der Waals surface area contributed by atoms with Gasteiger partial charge in [0.25, 0.3) is 0 Å². The van der Waals surface area contributed by atoms with Crippen LogP contribution >= 0.6 is 0 Å². The molecule has 0 radical (unpaired) electrons. The van der Waals surface area contributed by atoms with E-state index in [1.54, 1.807) is 0 Å². The monoisotopic (exact) mass is 709 g/mol. The number of nitrogens with zero attached hydrogens (tertiary/aromatic N) is 1. The lowest BCUT2D eigenvalue weighted by Gasteiger charge is -2.39. The Kier molecular flexibility index (Phi) is 31.5. The van der Waals surface area contributed by atoms with Gasteiger partial charge in [-0.25, -0.2) is 0 Å². The first-order valence-electron chi connectivity index (χ1n) is 21.9. The standard InChI is InChI=1S/C43H84N2O5/c1-5-9-26-38(27-10-6-2)42(47)49-34-24-17-13-15-20-30-40-36-45(32-22-19-23-33-46)37-41(44-40)31-21-16-14-18-25-35-50-43(48)39(28-11-7-3)29-12-8-4/h38-41,44,46H,5-37H2,1-4H3. The van der Waals surface area contributed by atoms with E-state index in [9.17, 15) is 14.7 Å². The summed E-state index contributed by atoms with van der Waals surface area (Å²) in [6.07, 6.45) is 30.2. The maximum Gasteiger partial charge on any atom is 0.308 e. The first-order valence-corrected chi connectivity index (χ1v) is 21.9. The highest BCUT2D eigenvalue weighted by atomic mass is 16.5. The van der Waals surface area contributed by atoms with Gasteiger partial charge in [-0.05, 0) is 77.2 Å². The molecule has 1 aliphatic heterocycles. The van der Waals surface area contributed by atoms with Crippen molar-refractivity contribution in [3.63, 3.8) is 0 Å². The van der Waals surface area contributed by atoms with Gasteiger partial charge in [0.05, 0.1) is 25.0 Å². The van der Waals surface area contributed by atoms with Crippen molar-refractivity contribution in [2.75, 3.05) is 39.5 Å². The highest BCUT2D eigenvalue weighted by Crippen LogP contribution is 2.21. The van der Waals surface area contributed by atoms with Gasteiger partial charge in [0, 0.05) is 31.8 Å². The summed E-state index contributed by atoms with van der Waals surface area (Å²) < 4.78 is 11.4. The third-order valence-corrected chi connectivity index (χ3v) is 10.7. The number of aliphatic hydroxyl groups excluding tert-OH is 1. The van der Waals surface area contributed by atoms with Gasteiger partial charge in [-0.2, -0.15) is 0 Å². The fourth-order valence-corrected chi connectivity index (χ4v) is 7.48. The summed E-state index contributed by atoms with van der Waals surface area (Å²) in [6, 6.07) is 1.12. The van der Waals surface area contributed by atoms with Crippen LogP contribution in [0.15, 0.2) is 0 Å². The van der Waals surface area contributed by atoms with Crippen molar-refractivity contribution in [1.29, 1.82) is 0 Å². The van der Waals surface area contributed by atoms with Gasteiger partial charge in [-0.3, -0.25) is 9.59 Å². The second-order valence-corrected chi connectivity index (χ2v) is 15.5. The highest BCUT2D eigenvalue weighted by Gasteiger charge is 2.26. The van der Waals surface area contributed by atoms with Crippen molar-refractivity contribution in [3.8, 4) is 0 Å². The predicted molar refractivity (Wildman–Crippen MR) is 210 cm³/mol. The molecule has 1 fully saturated rings. The first kappa shape index (κ1) is 46.8. The summed E-state index contributed by atoms with van der Waals surface area (Å²) in [4.78, 5) is 27.8. The summed E-state index contributed by atoms with van der Waals surface area (Å²) in [6.45, 7) is 13.6. The van der Waals surface area contributed by atoms with Gasteiger partial charge in [-0.15, -0.1) is 0 Å². The van der Waals surface area contributed by atoms with E-state index in [1.165, 1.54) is 57.8 Å². The Balaban J connectivity index is 2.30. The van der Waals surface area contributed by atoms with Gasteiger partial charge < -0.3 is 24.8 Å². The Bertz CT molecular complexity index is 708. The molecule has 0 saturated carbocycles. The molecule has 1 heterocycles. The van der Waals surface area contributed by atoms with Crippen LogP contribution in [0.5, 0.6) is 0 Å². The lowest BCUT2D eigenvalue weighted by molar-refractivity contribution is -0.150. The molecule has 296 valence electrons. The van der Waals surface area contributed by atoms with Crippen LogP contribution in [-0.4, -0.2) is 73.5 Å². The Labute approximate surface area is 310 Å². The van der Waals surface area contributed by atoms with Crippen LogP contribution in [0.2, 0.25) is 0 Å². The summed E-state index contributed by atoms with van der Waals surface area (Å²) in [5, 5.41) is 13.2. The van der Waals surface area contributed by atoms with E-state index in [1.807, 2.05) is 0 Å². The zero-order chi connectivity index (χ0) is 36.5. The average Bonchev–Trinajstić information content (AvgIpc) is 3.12. The summed E-state index contributed by atoms with van der Waals surface area (Å²) in [7, 11) is 0. The van der Waals surface area contributed by atoms with Gasteiger partial charge in [0.15, 0.2) is 0 Å². The number of carbonyl (C=O) groups is 2. The van der Waals surface area contributed by atoms with Crippen molar-refractivity contribution >= 4 is 11.9 Å². The minimum Gasteiger partial charge on any atom is -0.465 e. The molecular weight excluding hydrogens is 624 g/mol. The van der Waals surface area contributed by atoms with Gasteiger partial charge in [0.1, 0.15) is 0 Å². The van der Waals surface area contributed by atoms with Gasteiger partial charge in [-0.1, -0.05) is 130 Å². The van der Waals surface area contributed by atoms with Crippen LogP contribution in [0.25, 0.3) is 0 Å². The number of ether oxygens (including phenoxy) is 2. The molecule has 50 heavy (non-hydrogen) atoms. The second kappa shape index (κ2) is 33.6. The van der Waals surface area contributed by atoms with Crippen LogP contribution in [-0.2, 0) is 19.1 Å². The summed E-state index contributed by atoms with van der Waals surface area (Å²) >= 11 is 0. The van der Waals surface area contributed by atoms with E-state index in [2.05, 4.69) is 37.9 Å². The lowest BCUT2D eigenvalue weighted by Crippen LogP contribution is -2.56. The third-order valence-electron chi connectivity index (χ3n) is 10.7. The second-order valence-electron chi connectivity index (χ2n) is 15.5. The Morgan fingerprint density at radius 2 is 0.940 bits per heavy atom. The maximum absolute atomic E-state index is 12.6. The Morgan fingerprint density at radius 1 is 0.560 bits per heavy atom. The number of rotatable bonds is 35. The number of carbonyl (C=O) groups excluding carboxylic acids is 2. The molecule has 1 rings (SSSR count). The van der Waals surface area contributed by atoms with Crippen LogP contribution < -0.4 is 5.32 Å². The van der Waals surface area contributed by atoms with Crippen LogP contribution in [0.1, 0.15) is 201 Å². The Hall–Kier alpha value is -1.18. The molecular formula is C43H84N2O5. The fourth-order valence-electron chi connectivity index (χ4n) is 7.48. The molecule has 0 spiro atoms. The fraction of sp³-hybridized carbons (Fsp3) is 0.953. The SMILES string of the molecule is CCCCC(CCCC)C(=O)OCCCCCCCC1CN(CCCCCO)CC(CCCCCCCOC(=O)C(CCCC)CCCC)N1. The average molecular weight is 709 g/mol. The molecule has 0 aromatic carbocycles. The van der Waals surface area contributed by atoms with E-state index in [0.29, 0.717) is 31.9 Å². The number of esters is 2. The minimum atomic E-state index is 0.0392. The summed E-state index contributed by atoms with van der Waals surface area (Å²) in [5.74, 6) is 0.277. The van der Waals surface area contributed by atoms with E-state index < -0.39 is 0 Å². The molecule has 7 nitrogen and oxygen atoms in total. The van der Waals surface area contributed by atoms with E-state index in [0.717, 1.165) is 135 Å². The molecule has 7 heteroatoms. The van der Waals surface area contributed by atoms with Crippen molar-refractivity contribution in [1.82, 2.24) is 10.2 Å². The zero-order valence-electron chi connectivity index (χ0n) is 33.7. The van der Waals surface area contributed by atoms with Crippen molar-refractivity contribution in [2.24, 2.45) is 11.8 Å². The number of hydrogen-bond acceptors (Lipinski definition) is 7. The molecule has 2 atom stereocenters. The molecule has 0 amide bonds. The normalized spacial score (nSPS) is 16.8. The molecule has 0 aromatic heterocycles. The summed E-state index contributed by atoms with van der Waals surface area (Å²) in [5.41, 5.74) is 0. The number of hydrogen-bond donors (Lipinski definition) is 2. The van der Waals surface area contributed by atoms with Crippen molar-refractivity contribution in [3.05, 3.63) is 0 Å². The van der Waals surface area contributed by atoms with E-state index in [-0.39, 0.29) is 23.8 Å². The molecule has 0 aliphatic carbocycles. The molecule has 2 N–H and O–H groups in total. The van der Waals surface area contributed by atoms with Crippen molar-refractivity contribution in [2.45, 2.75) is 213 Å². The van der Waals surface area contributed by atoms with E-state index in [4.69, 9.17) is 9.47 Å². The topological polar surface area (TPSA) is 88.1 Å². The molecule has 1 aliphatic rings. The van der Waals surface area contributed by atoms with Gasteiger partial charge in [0.2, 0.25) is 0 Å². The molecule has 0 bridgehead atoms. The van der Waals surface area contributed by atoms with Crippen LogP contribution in [0.4, 0.5) is 0 Å². The van der Waals surface area contributed by atoms with Crippen LogP contribution in [0, 0.1) is 11.8 Å². The molecule has 2 unspecified atom stereocenters. The number of aliphatic hydroxyl groups is 1. The smallest absolute Gasteiger partial charge is 0.308 e. The predicted octanol–water partition coefficient (Wildman–Crippen LogP) is 10.6. The van der Waals surface area contributed by atoms with E-state index >= 15 is 0 Å². The number of unbranched alkanes of at least 4 members (excludes halogenated alkanes) is 14. The largest absolute Gasteiger partial charge is 0.465 e. The quantitative estimate of drug-likeness (QED) is 0.0500. The number of piperazine rings is 1. The Morgan fingerprint density at radius 3 is 1.34 bits per heavy atom. The maximum atomic E-state index is 12.6. The van der Waals surface area contributed by atoms with Gasteiger partial charge >= 0.3 is 11.9 Å². The van der Waals surface area contributed by atoms with Crippen molar-refractivity contribution < 1.29 is 24.2 Å².